The van der Waals surface area contributed by atoms with Crippen molar-refractivity contribution < 1.29 is 41.7 Å². The number of furan rings is 1. The van der Waals surface area contributed by atoms with Gasteiger partial charge in [0.25, 0.3) is 21.9 Å². The summed E-state index contributed by atoms with van der Waals surface area (Å²) in [7, 11) is -2.60. The number of nitrogens with zero attached hydrogens (tertiary/aromatic N) is 6. The first-order valence-electron chi connectivity index (χ1n) is 14.3. The van der Waals surface area contributed by atoms with Gasteiger partial charge in [-0.1, -0.05) is 55.4 Å². The lowest BCUT2D eigenvalue weighted by atomic mass is 10.0. The Kier molecular flexibility index (Phi) is 12.4. The first-order valence-corrected chi connectivity index (χ1v) is 17.9. The Morgan fingerprint density at radius 3 is 2.56 bits per heavy atom. The molecule has 0 saturated carbocycles. The summed E-state index contributed by atoms with van der Waals surface area (Å²) in [5.41, 5.74) is 0.302. The maximum atomic E-state index is 13.1. The van der Waals surface area contributed by atoms with Crippen molar-refractivity contribution in [2.45, 2.75) is 74.5 Å². The van der Waals surface area contributed by atoms with E-state index in [0.29, 0.717) is 29.4 Å². The second-order valence-electron chi connectivity index (χ2n) is 10.3. The van der Waals surface area contributed by atoms with Crippen molar-refractivity contribution in [2.24, 2.45) is 5.16 Å². The van der Waals surface area contributed by atoms with Crippen LogP contribution in [0.15, 0.2) is 44.4 Å². The fourth-order valence-electron chi connectivity index (χ4n) is 4.91. The SMILES string of the molecule is CO/N=C(/C(=O)NC1C(=O)N2C(C(=O)O)=C(CSc3nnnn3CCCCCCCCCCS(=O)(=O)O)CS[C@H]12)c1ccco1. The van der Waals surface area contributed by atoms with Crippen LogP contribution in [0.5, 0.6) is 0 Å². The number of hydrogen-bond donors (Lipinski definition) is 3. The maximum absolute atomic E-state index is 13.1. The summed E-state index contributed by atoms with van der Waals surface area (Å²) < 4.78 is 37.1. The van der Waals surface area contributed by atoms with E-state index >= 15 is 0 Å². The van der Waals surface area contributed by atoms with Gasteiger partial charge in [-0.05, 0) is 41.0 Å². The predicted molar refractivity (Wildman–Crippen MR) is 164 cm³/mol. The number of oxime groups is 1. The number of carboxylic acid groups (broad SMARTS) is 1. The molecule has 16 nitrogen and oxygen atoms in total. The van der Waals surface area contributed by atoms with Crippen LogP contribution < -0.4 is 5.32 Å². The Bertz CT molecular complexity index is 1510. The second kappa shape index (κ2) is 16.2. The molecule has 1 unspecified atom stereocenters. The second-order valence-corrected chi connectivity index (χ2v) is 13.9. The molecule has 19 heteroatoms. The van der Waals surface area contributed by atoms with E-state index in [-0.39, 0.29) is 28.7 Å². The molecule has 2 aromatic rings. The number of unbranched alkanes of at least 4 members (excludes halogenated alkanes) is 7. The van der Waals surface area contributed by atoms with Crippen LogP contribution in [0.25, 0.3) is 0 Å². The molecule has 2 aliphatic heterocycles. The van der Waals surface area contributed by atoms with E-state index in [4.69, 9.17) is 13.8 Å². The Morgan fingerprint density at radius 2 is 1.91 bits per heavy atom. The topological polar surface area (TPSA) is 219 Å². The first kappa shape index (κ1) is 34.5. The zero-order valence-electron chi connectivity index (χ0n) is 24.5. The highest BCUT2D eigenvalue weighted by molar-refractivity contribution is 8.01. The number of carboxylic acids is 1. The molecule has 0 aromatic carbocycles. The molecule has 2 amide bonds. The van der Waals surface area contributed by atoms with Gasteiger partial charge in [0.15, 0.2) is 5.76 Å². The zero-order valence-corrected chi connectivity index (χ0v) is 27.0. The summed E-state index contributed by atoms with van der Waals surface area (Å²) in [6, 6.07) is 2.16. The number of carbonyl (C=O) groups excluding carboxylic acids is 2. The molecule has 0 radical (unpaired) electrons. The van der Waals surface area contributed by atoms with Crippen LogP contribution >= 0.6 is 23.5 Å². The highest BCUT2D eigenvalue weighted by Gasteiger charge is 2.54. The van der Waals surface area contributed by atoms with E-state index in [0.717, 1.165) is 44.9 Å². The molecule has 4 heterocycles. The molecule has 2 aromatic heterocycles. The summed E-state index contributed by atoms with van der Waals surface area (Å²) in [5, 5.41) is 28.2. The van der Waals surface area contributed by atoms with Gasteiger partial charge in [0.05, 0.1) is 12.0 Å². The van der Waals surface area contributed by atoms with Gasteiger partial charge in [0.1, 0.15) is 24.2 Å². The highest BCUT2D eigenvalue weighted by Crippen LogP contribution is 2.41. The lowest BCUT2D eigenvalue weighted by Gasteiger charge is -2.49. The van der Waals surface area contributed by atoms with Gasteiger partial charge < -0.3 is 19.7 Å². The number of tetrazole rings is 1. The smallest absolute Gasteiger partial charge is 0.352 e. The molecular formula is C26H35N7O9S3. The first-order chi connectivity index (χ1) is 21.6. The van der Waals surface area contributed by atoms with Gasteiger partial charge in [-0.2, -0.15) is 8.42 Å². The third-order valence-corrected chi connectivity index (χ3v) is 10.3. The third-order valence-electron chi connectivity index (χ3n) is 7.09. The maximum Gasteiger partial charge on any atom is 0.352 e. The normalized spacial score (nSPS) is 18.5. The van der Waals surface area contributed by atoms with E-state index in [9.17, 15) is 27.9 Å². The van der Waals surface area contributed by atoms with Crippen LogP contribution in [-0.2, 0) is 35.9 Å². The molecule has 2 atom stereocenters. The molecule has 0 bridgehead atoms. The number of hydrogen-bond acceptors (Lipinski definition) is 13. The van der Waals surface area contributed by atoms with Crippen molar-refractivity contribution >= 4 is 57.1 Å². The van der Waals surface area contributed by atoms with E-state index in [2.05, 4.69) is 26.0 Å². The van der Waals surface area contributed by atoms with Gasteiger partial charge in [-0.3, -0.25) is 19.0 Å². The molecule has 1 saturated heterocycles. The average molecular weight is 686 g/mol. The van der Waals surface area contributed by atoms with E-state index in [1.54, 1.807) is 10.7 Å². The van der Waals surface area contributed by atoms with E-state index < -0.39 is 39.3 Å². The Hall–Kier alpha value is -3.42. The highest BCUT2D eigenvalue weighted by atomic mass is 32.2. The van der Waals surface area contributed by atoms with Crippen LogP contribution in [0, 0.1) is 0 Å². The Labute approximate surface area is 268 Å². The van der Waals surface area contributed by atoms with Crippen molar-refractivity contribution in [3.05, 3.63) is 35.4 Å². The van der Waals surface area contributed by atoms with Crippen LogP contribution in [0.2, 0.25) is 0 Å². The van der Waals surface area contributed by atoms with Gasteiger partial charge >= 0.3 is 5.97 Å². The lowest BCUT2D eigenvalue weighted by molar-refractivity contribution is -0.150. The van der Waals surface area contributed by atoms with Crippen molar-refractivity contribution in [1.29, 1.82) is 0 Å². The number of aliphatic carboxylic acids is 1. The number of rotatable bonds is 19. The molecular weight excluding hydrogens is 651 g/mol. The van der Waals surface area contributed by atoms with Gasteiger partial charge in [0.2, 0.25) is 10.9 Å². The standard InChI is InChI=1S/C26H35N7O9S3/c1-41-29-19(18-11-10-13-42-18)22(34)27-20-23(35)33-21(25(36)37)17(15-43-24(20)33)16-44-26-28-30-31-32(26)12-8-6-4-2-3-5-7-9-14-45(38,39)40/h10-11,13,20,24H,2-9,12,14-16H2,1H3,(H,27,34)(H,36,37)(H,38,39,40)/b29-19+/t20?,24-/m1/s1. The van der Waals surface area contributed by atoms with Crippen LogP contribution in [0.3, 0.4) is 0 Å². The molecule has 0 aliphatic carbocycles. The predicted octanol–water partition coefficient (Wildman–Crippen LogP) is 2.16. The average Bonchev–Trinajstić information content (AvgIpc) is 3.69. The quantitative estimate of drug-likeness (QED) is 0.0482. The van der Waals surface area contributed by atoms with Crippen LogP contribution in [-0.4, -0.2) is 102 Å². The van der Waals surface area contributed by atoms with E-state index in [1.165, 1.54) is 47.9 Å². The monoisotopic (exact) mass is 685 g/mol. The van der Waals surface area contributed by atoms with Crippen LogP contribution in [0.1, 0.15) is 57.1 Å². The molecule has 4 rings (SSSR count). The van der Waals surface area contributed by atoms with E-state index in [1.807, 2.05) is 0 Å². The summed E-state index contributed by atoms with van der Waals surface area (Å²) in [4.78, 5) is 44.1. The number of thioether (sulfide) groups is 2. The summed E-state index contributed by atoms with van der Waals surface area (Å²) >= 11 is 2.65. The number of fused-ring (bicyclic) bond motifs is 1. The number of aromatic nitrogens is 4. The third kappa shape index (κ3) is 9.30. The summed E-state index contributed by atoms with van der Waals surface area (Å²) in [6.07, 6.45) is 8.40. The molecule has 2 aliphatic rings. The number of β-lactam (4-membered cyclic amide) rings is 1. The van der Waals surface area contributed by atoms with Gasteiger partial charge in [-0.15, -0.1) is 16.9 Å². The largest absolute Gasteiger partial charge is 0.477 e. The van der Waals surface area contributed by atoms with Crippen LogP contribution in [0.4, 0.5) is 0 Å². The van der Waals surface area contributed by atoms with Crippen molar-refractivity contribution in [1.82, 2.24) is 30.4 Å². The number of carbonyl (C=O) groups is 3. The molecule has 246 valence electrons. The fraction of sp³-hybridized carbons (Fsp3) is 0.577. The molecule has 3 N–H and O–H groups in total. The minimum Gasteiger partial charge on any atom is -0.477 e. The minimum atomic E-state index is -3.88. The number of nitrogens with one attached hydrogen (secondary N) is 1. The molecule has 45 heavy (non-hydrogen) atoms. The van der Waals surface area contributed by atoms with Gasteiger partial charge in [-0.25, -0.2) is 9.48 Å². The van der Waals surface area contributed by atoms with Crippen molar-refractivity contribution in [2.75, 3.05) is 24.4 Å². The van der Waals surface area contributed by atoms with Gasteiger partial charge in [0, 0.05) is 18.1 Å². The zero-order chi connectivity index (χ0) is 32.4. The fourth-order valence-corrected chi connectivity index (χ4v) is 7.86. The summed E-state index contributed by atoms with van der Waals surface area (Å²) in [5.74, 6) is -1.89. The number of amides is 2. The lowest BCUT2D eigenvalue weighted by Crippen LogP contribution is -2.71. The number of aryl methyl sites for hydroxylation is 1. The van der Waals surface area contributed by atoms with Crippen molar-refractivity contribution in [3.63, 3.8) is 0 Å². The summed E-state index contributed by atoms with van der Waals surface area (Å²) in [6.45, 7) is 0.601. The minimum absolute atomic E-state index is 0.101. The molecule has 0 spiro atoms. The molecule has 1 fully saturated rings. The Morgan fingerprint density at radius 1 is 1.20 bits per heavy atom. The van der Waals surface area contributed by atoms with Crippen molar-refractivity contribution in [3.8, 4) is 0 Å². The Balaban J connectivity index is 1.25.